The van der Waals surface area contributed by atoms with E-state index in [1.807, 2.05) is 0 Å². The van der Waals surface area contributed by atoms with E-state index in [1.54, 1.807) is 19.2 Å². The van der Waals surface area contributed by atoms with Crippen LogP contribution in [0.15, 0.2) is 0 Å². The minimum atomic E-state index is -4.40. The maximum Gasteiger partial charge on any atom is 0.405 e. The van der Waals surface area contributed by atoms with Gasteiger partial charge in [-0.3, -0.25) is 0 Å². The summed E-state index contributed by atoms with van der Waals surface area (Å²) in [6, 6.07) is -0.866. The summed E-state index contributed by atoms with van der Waals surface area (Å²) in [5.41, 5.74) is -0.704. The van der Waals surface area contributed by atoms with Crippen LogP contribution >= 0.6 is 0 Å². The van der Waals surface area contributed by atoms with E-state index in [4.69, 9.17) is 4.74 Å². The Kier molecular flexibility index (Phi) is 4.86. The Labute approximate surface area is 86.2 Å². The van der Waals surface area contributed by atoms with Gasteiger partial charge in [0.1, 0.15) is 6.54 Å². The Morgan fingerprint density at radius 2 is 1.87 bits per heavy atom. The van der Waals surface area contributed by atoms with Gasteiger partial charge in [0.2, 0.25) is 0 Å². The van der Waals surface area contributed by atoms with Gasteiger partial charge in [0.15, 0.2) is 0 Å². The molecule has 0 aromatic rings. The van der Waals surface area contributed by atoms with Crippen molar-refractivity contribution in [1.82, 2.24) is 10.6 Å². The van der Waals surface area contributed by atoms with Crippen molar-refractivity contribution in [2.24, 2.45) is 0 Å². The number of nitrogens with one attached hydrogen (secondary N) is 2. The molecule has 0 aromatic heterocycles. The summed E-state index contributed by atoms with van der Waals surface area (Å²) in [5, 5.41) is 4.06. The maximum absolute atomic E-state index is 11.7. The summed E-state index contributed by atoms with van der Waals surface area (Å²) in [7, 11) is 1.44. The highest BCUT2D eigenvalue weighted by Crippen LogP contribution is 2.12. The molecule has 0 atom stereocenters. The van der Waals surface area contributed by atoms with Gasteiger partial charge in [-0.25, -0.2) is 4.79 Å². The molecule has 0 spiro atoms. The minimum absolute atomic E-state index is 0.215. The van der Waals surface area contributed by atoms with Crippen LogP contribution in [-0.2, 0) is 4.74 Å². The Hall–Kier alpha value is -0.980. The van der Waals surface area contributed by atoms with Crippen molar-refractivity contribution < 1.29 is 22.7 Å². The van der Waals surface area contributed by atoms with Crippen LogP contribution < -0.4 is 10.6 Å². The monoisotopic (exact) mass is 228 g/mol. The predicted molar refractivity (Wildman–Crippen MR) is 48.5 cm³/mol. The fraction of sp³-hybridized carbons (Fsp3) is 0.875. The third-order valence-electron chi connectivity index (χ3n) is 1.41. The zero-order valence-corrected chi connectivity index (χ0v) is 8.86. The minimum Gasteiger partial charge on any atom is -0.382 e. The summed E-state index contributed by atoms with van der Waals surface area (Å²) in [4.78, 5) is 11.0. The van der Waals surface area contributed by atoms with Crippen LogP contribution in [0.3, 0.4) is 0 Å². The largest absolute Gasteiger partial charge is 0.405 e. The molecule has 0 rings (SSSR count). The molecule has 0 radical (unpaired) electrons. The Morgan fingerprint density at radius 1 is 1.33 bits per heavy atom. The van der Waals surface area contributed by atoms with E-state index in [0.29, 0.717) is 0 Å². The molecule has 0 heterocycles. The molecule has 0 saturated carbocycles. The zero-order valence-electron chi connectivity index (χ0n) is 8.86. The van der Waals surface area contributed by atoms with E-state index in [9.17, 15) is 18.0 Å². The van der Waals surface area contributed by atoms with Crippen molar-refractivity contribution in [2.75, 3.05) is 20.3 Å². The number of methoxy groups -OCH3 is 1. The molecular formula is C8H15F3N2O2. The lowest BCUT2D eigenvalue weighted by molar-refractivity contribution is -0.122. The van der Waals surface area contributed by atoms with Crippen molar-refractivity contribution in [1.29, 1.82) is 0 Å². The van der Waals surface area contributed by atoms with Crippen LogP contribution in [0.25, 0.3) is 0 Å². The quantitative estimate of drug-likeness (QED) is 0.761. The number of urea groups is 1. The molecule has 4 nitrogen and oxygen atoms in total. The molecule has 0 fully saturated rings. The highest BCUT2D eigenvalue weighted by Gasteiger charge is 2.29. The Bertz CT molecular complexity index is 216. The van der Waals surface area contributed by atoms with Crippen molar-refractivity contribution in [3.05, 3.63) is 0 Å². The fourth-order valence-corrected chi connectivity index (χ4v) is 0.929. The number of alkyl halides is 3. The molecule has 0 aromatic carbocycles. The molecule has 0 saturated heterocycles. The average Bonchev–Trinajstić information content (AvgIpc) is 1.98. The van der Waals surface area contributed by atoms with Crippen molar-refractivity contribution in [3.63, 3.8) is 0 Å². The van der Waals surface area contributed by atoms with Gasteiger partial charge in [-0.15, -0.1) is 0 Å². The number of carbonyl (C=O) groups is 1. The molecule has 0 unspecified atom stereocenters. The van der Waals surface area contributed by atoms with Gasteiger partial charge >= 0.3 is 12.2 Å². The van der Waals surface area contributed by atoms with Gasteiger partial charge in [-0.2, -0.15) is 13.2 Å². The molecule has 0 bridgehead atoms. The second-order valence-corrected chi connectivity index (χ2v) is 3.74. The van der Waals surface area contributed by atoms with Crippen LogP contribution in [0.5, 0.6) is 0 Å². The number of ether oxygens (including phenoxy) is 1. The number of halogens is 3. The van der Waals surface area contributed by atoms with Gasteiger partial charge < -0.3 is 15.4 Å². The molecule has 0 aliphatic heterocycles. The van der Waals surface area contributed by atoms with Crippen LogP contribution in [-0.4, -0.2) is 38.0 Å². The van der Waals surface area contributed by atoms with Gasteiger partial charge in [0, 0.05) is 7.11 Å². The summed E-state index contributed by atoms with van der Waals surface area (Å²) in [5.74, 6) is 0. The summed E-state index contributed by atoms with van der Waals surface area (Å²) >= 11 is 0. The van der Waals surface area contributed by atoms with E-state index in [1.165, 1.54) is 7.11 Å². The molecular weight excluding hydrogens is 213 g/mol. The number of carbonyl (C=O) groups excluding carboxylic acids is 1. The molecule has 15 heavy (non-hydrogen) atoms. The predicted octanol–water partition coefficient (Wildman–Crippen LogP) is 1.27. The highest BCUT2D eigenvalue weighted by molar-refractivity contribution is 5.74. The van der Waals surface area contributed by atoms with Crippen LogP contribution in [0.1, 0.15) is 13.8 Å². The van der Waals surface area contributed by atoms with Crippen LogP contribution in [0, 0.1) is 0 Å². The van der Waals surface area contributed by atoms with Crippen molar-refractivity contribution in [2.45, 2.75) is 25.6 Å². The molecule has 0 aliphatic rings. The second kappa shape index (κ2) is 5.20. The first-order valence-electron chi connectivity index (χ1n) is 4.28. The van der Waals surface area contributed by atoms with E-state index >= 15 is 0 Å². The standard InChI is InChI=1S/C8H15F3N2O2/c1-7(2,5-15-3)13-6(14)12-4-8(9,10)11/h4-5H2,1-3H3,(H2,12,13,14). The summed E-state index contributed by atoms with van der Waals surface area (Å²) < 4.78 is 40.0. The van der Waals surface area contributed by atoms with Gasteiger partial charge in [0.25, 0.3) is 0 Å². The van der Waals surface area contributed by atoms with E-state index in [2.05, 4.69) is 5.32 Å². The highest BCUT2D eigenvalue weighted by atomic mass is 19.4. The molecule has 7 heteroatoms. The van der Waals surface area contributed by atoms with Crippen LogP contribution in [0.2, 0.25) is 0 Å². The second-order valence-electron chi connectivity index (χ2n) is 3.74. The first-order valence-corrected chi connectivity index (χ1v) is 4.28. The lowest BCUT2D eigenvalue weighted by atomic mass is 10.1. The molecule has 2 amide bonds. The summed E-state index contributed by atoms with van der Waals surface area (Å²) in [6.07, 6.45) is -4.40. The first-order chi connectivity index (χ1) is 6.66. The molecule has 90 valence electrons. The van der Waals surface area contributed by atoms with E-state index < -0.39 is 24.3 Å². The zero-order chi connectivity index (χ0) is 12.1. The number of hydrogen-bond donors (Lipinski definition) is 2. The third-order valence-corrected chi connectivity index (χ3v) is 1.41. The SMILES string of the molecule is COCC(C)(C)NC(=O)NCC(F)(F)F. The molecule has 2 N–H and O–H groups in total. The number of hydrogen-bond acceptors (Lipinski definition) is 2. The van der Waals surface area contributed by atoms with E-state index in [-0.39, 0.29) is 6.61 Å². The van der Waals surface area contributed by atoms with E-state index in [0.717, 1.165) is 0 Å². The van der Waals surface area contributed by atoms with Gasteiger partial charge in [0.05, 0.1) is 12.1 Å². The number of amides is 2. The third kappa shape index (κ3) is 8.04. The first kappa shape index (κ1) is 14.0. The smallest absolute Gasteiger partial charge is 0.382 e. The van der Waals surface area contributed by atoms with Crippen LogP contribution in [0.4, 0.5) is 18.0 Å². The summed E-state index contributed by atoms with van der Waals surface area (Å²) in [6.45, 7) is 2.15. The number of rotatable bonds is 4. The van der Waals surface area contributed by atoms with Crippen molar-refractivity contribution >= 4 is 6.03 Å². The lowest BCUT2D eigenvalue weighted by Crippen LogP contribution is -2.52. The Morgan fingerprint density at radius 3 is 2.27 bits per heavy atom. The van der Waals surface area contributed by atoms with Gasteiger partial charge in [-0.05, 0) is 13.8 Å². The lowest BCUT2D eigenvalue weighted by Gasteiger charge is -2.25. The fourth-order valence-electron chi connectivity index (χ4n) is 0.929. The maximum atomic E-state index is 11.7. The van der Waals surface area contributed by atoms with Crippen molar-refractivity contribution in [3.8, 4) is 0 Å². The average molecular weight is 228 g/mol. The Balaban J connectivity index is 3.93. The topological polar surface area (TPSA) is 50.4 Å². The normalized spacial score (nSPS) is 12.4. The van der Waals surface area contributed by atoms with Gasteiger partial charge in [-0.1, -0.05) is 0 Å². The molecule has 0 aliphatic carbocycles.